The van der Waals surface area contributed by atoms with E-state index in [0.29, 0.717) is 0 Å². The molecule has 0 unspecified atom stereocenters. The van der Waals surface area contributed by atoms with Gasteiger partial charge in [-0.1, -0.05) is 140 Å². The number of benzene rings is 2. The molecule has 45 heavy (non-hydrogen) atoms. The fraction of sp³-hybridized carbons (Fsp3) is 0.512. The second-order valence-electron chi connectivity index (χ2n) is 13.1. The molecule has 2 heteroatoms. The molecule has 242 valence electrons. The highest BCUT2D eigenvalue weighted by atomic mass is 15.2. The SMILES string of the molecule is CCCCCCN1C(=CC=CC=CC=CC2=[N+](CCCCCC)c3ccccc3C2(CC)CC)C(CC)(CC)c2ccccc21. The summed E-state index contributed by atoms with van der Waals surface area (Å²) >= 11 is 0. The van der Waals surface area contributed by atoms with E-state index in [0.717, 1.165) is 38.8 Å². The van der Waals surface area contributed by atoms with Gasteiger partial charge in [0.15, 0.2) is 5.71 Å². The lowest BCUT2D eigenvalue weighted by Crippen LogP contribution is -2.33. The van der Waals surface area contributed by atoms with Crippen LogP contribution in [0.5, 0.6) is 0 Å². The van der Waals surface area contributed by atoms with Gasteiger partial charge < -0.3 is 4.90 Å². The van der Waals surface area contributed by atoms with Crippen molar-refractivity contribution in [1.29, 1.82) is 0 Å². The van der Waals surface area contributed by atoms with Gasteiger partial charge in [-0.2, -0.15) is 4.58 Å². The monoisotopic (exact) mass is 605 g/mol. The first-order chi connectivity index (χ1) is 22.1. The third-order valence-electron chi connectivity index (χ3n) is 10.8. The molecule has 2 aromatic rings. The summed E-state index contributed by atoms with van der Waals surface area (Å²) in [5.41, 5.74) is 8.97. The summed E-state index contributed by atoms with van der Waals surface area (Å²) in [5.74, 6) is 0. The predicted molar refractivity (Wildman–Crippen MR) is 198 cm³/mol. The minimum atomic E-state index is 0.0909. The van der Waals surface area contributed by atoms with E-state index in [1.807, 2.05) is 0 Å². The molecule has 0 N–H and O–H groups in total. The average Bonchev–Trinajstić information content (AvgIpc) is 3.50. The Morgan fingerprint density at radius 3 is 1.89 bits per heavy atom. The molecule has 0 radical (unpaired) electrons. The van der Waals surface area contributed by atoms with Gasteiger partial charge in [-0.15, -0.1) is 0 Å². The van der Waals surface area contributed by atoms with Crippen molar-refractivity contribution in [3.63, 3.8) is 0 Å². The van der Waals surface area contributed by atoms with Gasteiger partial charge in [0.1, 0.15) is 6.54 Å². The van der Waals surface area contributed by atoms with Crippen LogP contribution in [0.1, 0.15) is 130 Å². The highest BCUT2D eigenvalue weighted by molar-refractivity contribution is 6.03. The summed E-state index contributed by atoms with van der Waals surface area (Å²) in [6, 6.07) is 18.3. The van der Waals surface area contributed by atoms with Crippen molar-refractivity contribution >= 4 is 17.1 Å². The minimum absolute atomic E-state index is 0.0909. The molecule has 2 heterocycles. The normalized spacial score (nSPS) is 17.9. The number of anilines is 1. The zero-order valence-corrected chi connectivity index (χ0v) is 29.5. The molecule has 0 bridgehead atoms. The maximum absolute atomic E-state index is 2.63. The molecule has 0 aromatic heterocycles. The van der Waals surface area contributed by atoms with E-state index in [9.17, 15) is 0 Å². The molecule has 4 rings (SSSR count). The molecule has 0 saturated heterocycles. The highest BCUT2D eigenvalue weighted by Crippen LogP contribution is 2.52. The first-order valence-electron chi connectivity index (χ1n) is 18.4. The molecule has 0 spiro atoms. The summed E-state index contributed by atoms with van der Waals surface area (Å²) in [6.07, 6.45) is 30.7. The fourth-order valence-electron chi connectivity index (χ4n) is 8.13. The van der Waals surface area contributed by atoms with Crippen LogP contribution < -0.4 is 4.90 Å². The summed E-state index contributed by atoms with van der Waals surface area (Å²) in [6.45, 7) is 16.2. The Bertz CT molecular complexity index is 1380. The van der Waals surface area contributed by atoms with Crippen LogP contribution in [-0.2, 0) is 10.8 Å². The Labute approximate surface area is 276 Å². The number of unbranched alkanes of at least 4 members (excludes halogenated alkanes) is 6. The van der Waals surface area contributed by atoms with Crippen molar-refractivity contribution in [3.05, 3.63) is 108 Å². The number of nitrogens with zero attached hydrogens (tertiary/aromatic N) is 2. The highest BCUT2D eigenvalue weighted by Gasteiger charge is 2.48. The van der Waals surface area contributed by atoms with Crippen LogP contribution in [0.3, 0.4) is 0 Å². The lowest BCUT2D eigenvalue weighted by atomic mass is 9.73. The van der Waals surface area contributed by atoms with Crippen LogP contribution in [0.25, 0.3) is 0 Å². The third kappa shape index (κ3) is 7.16. The second-order valence-corrected chi connectivity index (χ2v) is 13.1. The minimum Gasteiger partial charge on any atom is -0.344 e. The van der Waals surface area contributed by atoms with Crippen LogP contribution in [0.2, 0.25) is 0 Å². The first kappa shape index (κ1) is 34.7. The molecule has 0 aliphatic carbocycles. The predicted octanol–water partition coefficient (Wildman–Crippen LogP) is 12.1. The standard InChI is InChI=1S/C43H61N2/c1-7-13-15-26-34-44-38-30-24-22-28-36(38)42(9-3,10-4)40(44)32-20-18-17-19-21-33-41-43(11-5,12-6)37-29-23-25-31-39(37)45(41)35-27-16-14-8-2/h17-25,28-33H,7-16,26-27,34-35H2,1-6H3/q+1. The largest absolute Gasteiger partial charge is 0.344 e. The van der Waals surface area contributed by atoms with Crippen LogP contribution in [0.4, 0.5) is 11.4 Å². The van der Waals surface area contributed by atoms with Gasteiger partial charge in [-0.05, 0) is 56.2 Å². The van der Waals surface area contributed by atoms with E-state index < -0.39 is 0 Å². The molecule has 0 amide bonds. The molecule has 0 fully saturated rings. The third-order valence-corrected chi connectivity index (χ3v) is 10.8. The van der Waals surface area contributed by atoms with Crippen molar-refractivity contribution in [3.8, 4) is 0 Å². The van der Waals surface area contributed by atoms with E-state index in [4.69, 9.17) is 0 Å². The first-order valence-corrected chi connectivity index (χ1v) is 18.4. The molecular weight excluding hydrogens is 544 g/mol. The van der Waals surface area contributed by atoms with Crippen molar-refractivity contribution in [2.45, 2.75) is 129 Å². The average molecular weight is 606 g/mol. The fourth-order valence-corrected chi connectivity index (χ4v) is 8.13. The van der Waals surface area contributed by atoms with Gasteiger partial charge in [-0.3, -0.25) is 0 Å². The van der Waals surface area contributed by atoms with Crippen molar-refractivity contribution in [1.82, 2.24) is 0 Å². The van der Waals surface area contributed by atoms with Crippen LogP contribution >= 0.6 is 0 Å². The Balaban J connectivity index is 1.57. The summed E-state index contributed by atoms with van der Waals surface area (Å²) in [7, 11) is 0. The van der Waals surface area contributed by atoms with Crippen molar-refractivity contribution in [2.24, 2.45) is 0 Å². The van der Waals surface area contributed by atoms with Crippen LogP contribution in [-0.4, -0.2) is 23.4 Å². The van der Waals surface area contributed by atoms with E-state index >= 15 is 0 Å². The van der Waals surface area contributed by atoms with Crippen molar-refractivity contribution < 1.29 is 4.58 Å². The molecule has 2 nitrogen and oxygen atoms in total. The number of fused-ring (bicyclic) bond motifs is 2. The van der Waals surface area contributed by atoms with Crippen LogP contribution in [0.15, 0.2) is 96.8 Å². The molecule has 0 atom stereocenters. The Kier molecular flexibility index (Phi) is 13.1. The van der Waals surface area contributed by atoms with Gasteiger partial charge in [0.05, 0.1) is 5.41 Å². The van der Waals surface area contributed by atoms with Gasteiger partial charge >= 0.3 is 0 Å². The summed E-state index contributed by atoms with van der Waals surface area (Å²) in [4.78, 5) is 2.63. The summed E-state index contributed by atoms with van der Waals surface area (Å²) in [5, 5.41) is 0. The maximum atomic E-state index is 2.63. The zero-order chi connectivity index (χ0) is 32.1. The van der Waals surface area contributed by atoms with E-state index in [2.05, 4.69) is 142 Å². The number of hydrogen-bond donors (Lipinski definition) is 0. The maximum Gasteiger partial charge on any atom is 0.209 e. The second kappa shape index (κ2) is 17.0. The van der Waals surface area contributed by atoms with Gasteiger partial charge in [0, 0.05) is 47.5 Å². The lowest BCUT2D eigenvalue weighted by Gasteiger charge is -2.32. The number of para-hydroxylation sites is 2. The Morgan fingerprint density at radius 1 is 0.600 bits per heavy atom. The quantitative estimate of drug-likeness (QED) is 0.0930. The van der Waals surface area contributed by atoms with E-state index in [1.54, 1.807) is 0 Å². The lowest BCUT2D eigenvalue weighted by molar-refractivity contribution is -0.438. The van der Waals surface area contributed by atoms with Crippen molar-refractivity contribution in [2.75, 3.05) is 18.0 Å². The molecule has 2 aliphatic heterocycles. The molecular formula is C43H61N2+. The Hall–Kier alpha value is -3.13. The van der Waals surface area contributed by atoms with Crippen LogP contribution in [0, 0.1) is 0 Å². The zero-order valence-electron chi connectivity index (χ0n) is 29.5. The smallest absolute Gasteiger partial charge is 0.209 e. The molecule has 2 aliphatic rings. The number of hydrogen-bond acceptors (Lipinski definition) is 1. The Morgan fingerprint density at radius 2 is 1.20 bits per heavy atom. The van der Waals surface area contributed by atoms with Gasteiger partial charge in [0.25, 0.3) is 0 Å². The van der Waals surface area contributed by atoms with E-state index in [-0.39, 0.29) is 10.8 Å². The van der Waals surface area contributed by atoms with Gasteiger partial charge in [0.2, 0.25) is 5.69 Å². The number of rotatable bonds is 18. The molecule has 0 saturated carbocycles. The van der Waals surface area contributed by atoms with E-state index in [1.165, 1.54) is 85.3 Å². The van der Waals surface area contributed by atoms with Gasteiger partial charge in [-0.25, -0.2) is 0 Å². The number of allylic oxidation sites excluding steroid dienone is 8. The topological polar surface area (TPSA) is 6.25 Å². The molecule has 2 aromatic carbocycles. The summed E-state index contributed by atoms with van der Waals surface area (Å²) < 4.78 is 2.63.